The number of ether oxygens (including phenoxy) is 2. The number of benzene rings is 1. The van der Waals surface area contributed by atoms with Crippen LogP contribution in [0, 0.1) is 0 Å². The summed E-state index contributed by atoms with van der Waals surface area (Å²) in [6.45, 7) is 0. The van der Waals surface area contributed by atoms with E-state index in [0.717, 1.165) is 0 Å². The van der Waals surface area contributed by atoms with Crippen LogP contribution >= 0.6 is 11.6 Å². The number of carboxylic acids is 1. The van der Waals surface area contributed by atoms with Crippen LogP contribution in [0.2, 0.25) is 5.02 Å². The van der Waals surface area contributed by atoms with Gasteiger partial charge in [0.15, 0.2) is 6.04 Å². The van der Waals surface area contributed by atoms with Crippen LogP contribution in [0.3, 0.4) is 0 Å². The lowest BCUT2D eigenvalue weighted by Crippen LogP contribution is -2.34. The molecule has 0 aromatic heterocycles. The maximum atomic E-state index is 11.8. The third kappa shape index (κ3) is 4.92. The Morgan fingerprint density at radius 1 is 1.27 bits per heavy atom. The van der Waals surface area contributed by atoms with Crippen molar-refractivity contribution in [1.82, 2.24) is 5.32 Å². The van der Waals surface area contributed by atoms with Crippen molar-refractivity contribution in [3.05, 3.63) is 28.8 Å². The van der Waals surface area contributed by atoms with E-state index in [2.05, 4.69) is 10.1 Å². The van der Waals surface area contributed by atoms with Gasteiger partial charge in [0.05, 0.1) is 25.7 Å². The van der Waals surface area contributed by atoms with Crippen molar-refractivity contribution < 1.29 is 29.0 Å². The molecule has 0 saturated carbocycles. The first-order valence-corrected chi connectivity index (χ1v) is 6.69. The first-order chi connectivity index (χ1) is 10.4. The molecule has 0 aliphatic heterocycles. The summed E-state index contributed by atoms with van der Waals surface area (Å²) < 4.78 is 9.66. The minimum atomic E-state index is -1.10. The number of carbonyl (C=O) groups is 3. The number of amides is 1. The molecule has 1 aromatic carbocycles. The summed E-state index contributed by atoms with van der Waals surface area (Å²) in [4.78, 5) is 34.0. The predicted molar refractivity (Wildman–Crippen MR) is 77.8 cm³/mol. The summed E-state index contributed by atoms with van der Waals surface area (Å²) in [5.74, 6) is -1.95. The van der Waals surface area contributed by atoms with Crippen LogP contribution in [0.4, 0.5) is 0 Å². The molecule has 0 radical (unpaired) electrons. The van der Waals surface area contributed by atoms with Gasteiger partial charge in [0.2, 0.25) is 5.91 Å². The van der Waals surface area contributed by atoms with E-state index in [0.29, 0.717) is 11.3 Å². The Morgan fingerprint density at radius 3 is 2.45 bits per heavy atom. The molecule has 0 unspecified atom stereocenters. The van der Waals surface area contributed by atoms with Crippen LogP contribution in [-0.4, -0.2) is 37.2 Å². The second-order valence-electron chi connectivity index (χ2n) is 4.31. The molecule has 0 aliphatic carbocycles. The highest BCUT2D eigenvalue weighted by Crippen LogP contribution is 2.28. The highest BCUT2D eigenvalue weighted by Gasteiger charge is 2.24. The van der Waals surface area contributed by atoms with Gasteiger partial charge in [-0.05, 0) is 17.7 Å². The van der Waals surface area contributed by atoms with Gasteiger partial charge in [-0.15, -0.1) is 0 Å². The minimum absolute atomic E-state index is 0.243. The van der Waals surface area contributed by atoms with Gasteiger partial charge in [-0.3, -0.25) is 9.59 Å². The van der Waals surface area contributed by atoms with Crippen LogP contribution in [0.1, 0.15) is 24.4 Å². The third-order valence-electron chi connectivity index (χ3n) is 2.82. The Balaban J connectivity index is 2.93. The van der Waals surface area contributed by atoms with E-state index in [4.69, 9.17) is 21.4 Å². The van der Waals surface area contributed by atoms with Crippen LogP contribution in [0.15, 0.2) is 18.2 Å². The molecular weight excluding hydrogens is 314 g/mol. The molecule has 1 atom stereocenters. The molecular formula is C14H16ClNO6. The van der Waals surface area contributed by atoms with Gasteiger partial charge in [0, 0.05) is 6.42 Å². The number of rotatable bonds is 7. The van der Waals surface area contributed by atoms with E-state index in [1.54, 1.807) is 12.1 Å². The fraction of sp³-hybridized carbons (Fsp3) is 0.357. The number of carbonyl (C=O) groups excluding carboxylic acids is 2. The number of halogens is 1. The first-order valence-electron chi connectivity index (χ1n) is 6.31. The molecule has 0 fully saturated rings. The van der Waals surface area contributed by atoms with Gasteiger partial charge >= 0.3 is 11.9 Å². The smallest absolute Gasteiger partial charge is 0.333 e. The predicted octanol–water partition coefficient (Wildman–Crippen LogP) is 1.54. The Bertz CT molecular complexity index is 574. The van der Waals surface area contributed by atoms with Gasteiger partial charge < -0.3 is 19.9 Å². The van der Waals surface area contributed by atoms with Crippen molar-refractivity contribution in [2.24, 2.45) is 0 Å². The Hall–Kier alpha value is -2.28. The lowest BCUT2D eigenvalue weighted by atomic mass is 10.1. The Labute approximate surface area is 132 Å². The van der Waals surface area contributed by atoms with E-state index in [1.807, 2.05) is 0 Å². The summed E-state index contributed by atoms with van der Waals surface area (Å²) in [7, 11) is 2.64. The van der Waals surface area contributed by atoms with Crippen molar-refractivity contribution in [2.75, 3.05) is 14.2 Å². The summed E-state index contributed by atoms with van der Waals surface area (Å²) in [5, 5.41) is 11.3. The molecule has 0 aliphatic rings. The van der Waals surface area contributed by atoms with Crippen LogP contribution in [0.5, 0.6) is 5.75 Å². The SMILES string of the molecule is COC(=O)[C@@H](NC(=O)CCC(=O)O)c1ccc(OC)c(Cl)c1. The van der Waals surface area contributed by atoms with E-state index in [-0.39, 0.29) is 17.9 Å². The van der Waals surface area contributed by atoms with E-state index < -0.39 is 23.9 Å². The molecule has 120 valence electrons. The quantitative estimate of drug-likeness (QED) is 0.736. The number of esters is 1. The number of methoxy groups -OCH3 is 2. The number of aliphatic carboxylic acids is 1. The fourth-order valence-electron chi connectivity index (χ4n) is 1.71. The van der Waals surface area contributed by atoms with Crippen LogP contribution < -0.4 is 10.1 Å². The third-order valence-corrected chi connectivity index (χ3v) is 3.11. The molecule has 7 nitrogen and oxygen atoms in total. The molecule has 0 bridgehead atoms. The zero-order valence-corrected chi connectivity index (χ0v) is 12.8. The highest BCUT2D eigenvalue weighted by atomic mass is 35.5. The summed E-state index contributed by atoms with van der Waals surface area (Å²) >= 11 is 5.99. The molecule has 1 rings (SSSR count). The lowest BCUT2D eigenvalue weighted by Gasteiger charge is -2.17. The van der Waals surface area contributed by atoms with Crippen molar-refractivity contribution in [2.45, 2.75) is 18.9 Å². The molecule has 8 heteroatoms. The van der Waals surface area contributed by atoms with Crippen LogP contribution in [-0.2, 0) is 19.1 Å². The molecule has 2 N–H and O–H groups in total. The molecule has 0 saturated heterocycles. The molecule has 0 spiro atoms. The average Bonchev–Trinajstić information content (AvgIpc) is 2.49. The van der Waals surface area contributed by atoms with Crippen molar-refractivity contribution in [1.29, 1.82) is 0 Å². The van der Waals surface area contributed by atoms with E-state index in [1.165, 1.54) is 20.3 Å². The summed E-state index contributed by atoms with van der Waals surface area (Å²) in [5.41, 5.74) is 0.404. The van der Waals surface area contributed by atoms with Crippen molar-refractivity contribution in [3.63, 3.8) is 0 Å². The normalized spacial score (nSPS) is 11.4. The summed E-state index contributed by atoms with van der Waals surface area (Å²) in [6, 6.07) is 3.51. The molecule has 22 heavy (non-hydrogen) atoms. The van der Waals surface area contributed by atoms with Crippen LogP contribution in [0.25, 0.3) is 0 Å². The van der Waals surface area contributed by atoms with Gasteiger partial charge in [-0.25, -0.2) is 4.79 Å². The first kappa shape index (κ1) is 17.8. The fourth-order valence-corrected chi connectivity index (χ4v) is 1.98. The number of carboxylic acid groups (broad SMARTS) is 1. The minimum Gasteiger partial charge on any atom is -0.495 e. The monoisotopic (exact) mass is 329 g/mol. The lowest BCUT2D eigenvalue weighted by molar-refractivity contribution is -0.145. The number of nitrogens with one attached hydrogen (secondary N) is 1. The Kier molecular flexibility index (Phi) is 6.65. The summed E-state index contributed by atoms with van der Waals surface area (Å²) in [6.07, 6.45) is -0.574. The zero-order chi connectivity index (χ0) is 16.7. The van der Waals surface area contributed by atoms with Gasteiger partial charge in [-0.1, -0.05) is 17.7 Å². The van der Waals surface area contributed by atoms with E-state index >= 15 is 0 Å². The highest BCUT2D eigenvalue weighted by molar-refractivity contribution is 6.32. The molecule has 1 amide bonds. The largest absolute Gasteiger partial charge is 0.495 e. The maximum Gasteiger partial charge on any atom is 0.333 e. The second kappa shape index (κ2) is 8.23. The van der Waals surface area contributed by atoms with Crippen molar-refractivity contribution >= 4 is 29.4 Å². The van der Waals surface area contributed by atoms with Crippen molar-refractivity contribution in [3.8, 4) is 5.75 Å². The number of hydrogen-bond donors (Lipinski definition) is 2. The Morgan fingerprint density at radius 2 is 1.95 bits per heavy atom. The topological polar surface area (TPSA) is 102 Å². The zero-order valence-electron chi connectivity index (χ0n) is 12.1. The molecule has 0 heterocycles. The standard InChI is InChI=1S/C14H16ClNO6/c1-21-10-4-3-8(7-9(10)15)13(14(20)22-2)16-11(17)5-6-12(18)19/h3-4,7,13H,5-6H2,1-2H3,(H,16,17)(H,18,19)/t13-/m0/s1. The average molecular weight is 330 g/mol. The molecule has 1 aromatic rings. The van der Waals surface area contributed by atoms with Gasteiger partial charge in [0.1, 0.15) is 5.75 Å². The second-order valence-corrected chi connectivity index (χ2v) is 4.72. The van der Waals surface area contributed by atoms with E-state index in [9.17, 15) is 14.4 Å². The van der Waals surface area contributed by atoms with Gasteiger partial charge in [-0.2, -0.15) is 0 Å². The van der Waals surface area contributed by atoms with Gasteiger partial charge in [0.25, 0.3) is 0 Å². The maximum absolute atomic E-state index is 11.8. The number of hydrogen-bond acceptors (Lipinski definition) is 5.